The number of rotatable bonds is 2. The van der Waals surface area contributed by atoms with Gasteiger partial charge in [0, 0.05) is 22.9 Å². The van der Waals surface area contributed by atoms with E-state index in [0.717, 1.165) is 11.3 Å². The van der Waals surface area contributed by atoms with Crippen LogP contribution in [0.5, 0.6) is 0 Å². The van der Waals surface area contributed by atoms with Crippen molar-refractivity contribution in [2.24, 2.45) is 0 Å². The molecular formula is C14H16N2O2. The summed E-state index contributed by atoms with van der Waals surface area (Å²) in [5.41, 5.74) is 2.07. The predicted octanol–water partition coefficient (Wildman–Crippen LogP) is 3.07. The fraction of sp³-hybridized carbons (Fsp3) is 0.286. The molecule has 0 amide bonds. The molecule has 1 aromatic carbocycles. The monoisotopic (exact) mass is 244 g/mol. The number of imidazole rings is 1. The molecular weight excluding hydrogens is 228 g/mol. The van der Waals surface area contributed by atoms with Crippen LogP contribution in [-0.2, 0) is 5.41 Å². The minimum atomic E-state index is -0.931. The zero-order chi connectivity index (χ0) is 13.3. The Morgan fingerprint density at radius 1 is 1.33 bits per heavy atom. The lowest BCUT2D eigenvalue weighted by molar-refractivity contribution is 0.0697. The first-order chi connectivity index (χ1) is 8.38. The van der Waals surface area contributed by atoms with Crippen molar-refractivity contribution in [1.82, 2.24) is 9.97 Å². The van der Waals surface area contributed by atoms with Gasteiger partial charge in [0.05, 0.1) is 5.56 Å². The van der Waals surface area contributed by atoms with Crippen LogP contribution in [0.4, 0.5) is 0 Å². The third-order valence-electron chi connectivity index (χ3n) is 2.77. The molecule has 0 bridgehead atoms. The molecule has 18 heavy (non-hydrogen) atoms. The van der Waals surface area contributed by atoms with Crippen LogP contribution >= 0.6 is 0 Å². The van der Waals surface area contributed by atoms with Crippen molar-refractivity contribution in [3.63, 3.8) is 0 Å². The van der Waals surface area contributed by atoms with Crippen LogP contribution in [0, 0.1) is 0 Å². The van der Waals surface area contributed by atoms with E-state index in [1.807, 2.05) is 6.07 Å². The number of aromatic carboxylic acids is 1. The Morgan fingerprint density at radius 2 is 2.06 bits per heavy atom. The van der Waals surface area contributed by atoms with Gasteiger partial charge in [-0.1, -0.05) is 32.9 Å². The molecule has 0 spiro atoms. The van der Waals surface area contributed by atoms with Crippen molar-refractivity contribution >= 4 is 5.97 Å². The average molecular weight is 244 g/mol. The Kier molecular flexibility index (Phi) is 2.95. The Labute approximate surface area is 106 Å². The molecule has 0 atom stereocenters. The van der Waals surface area contributed by atoms with Crippen molar-refractivity contribution in [3.05, 3.63) is 41.7 Å². The van der Waals surface area contributed by atoms with E-state index in [1.165, 1.54) is 0 Å². The Hall–Kier alpha value is -2.10. The van der Waals surface area contributed by atoms with E-state index < -0.39 is 5.97 Å². The number of hydrogen-bond donors (Lipinski definition) is 2. The minimum Gasteiger partial charge on any atom is -0.478 e. The fourth-order valence-corrected chi connectivity index (χ4v) is 1.65. The standard InChI is InChI=1S/C14H16N2O2/c1-14(2,3)11-8-15-12(16-11)9-5-4-6-10(7-9)13(17)18/h4-8H,1-3H3,(H,15,16)(H,17,18). The van der Waals surface area contributed by atoms with Crippen molar-refractivity contribution in [2.75, 3.05) is 0 Å². The summed E-state index contributed by atoms with van der Waals surface area (Å²) in [6, 6.07) is 6.75. The largest absolute Gasteiger partial charge is 0.478 e. The molecule has 0 fully saturated rings. The van der Waals surface area contributed by atoms with Crippen molar-refractivity contribution in [3.8, 4) is 11.4 Å². The van der Waals surface area contributed by atoms with E-state index in [2.05, 4.69) is 30.7 Å². The van der Waals surface area contributed by atoms with Crippen LogP contribution < -0.4 is 0 Å². The van der Waals surface area contributed by atoms with Crippen LogP contribution in [0.25, 0.3) is 11.4 Å². The van der Waals surface area contributed by atoms with E-state index in [9.17, 15) is 4.79 Å². The molecule has 1 heterocycles. The zero-order valence-electron chi connectivity index (χ0n) is 10.7. The molecule has 0 aliphatic rings. The van der Waals surface area contributed by atoms with E-state index >= 15 is 0 Å². The van der Waals surface area contributed by atoms with Crippen LogP contribution in [0.3, 0.4) is 0 Å². The second kappa shape index (κ2) is 4.29. The van der Waals surface area contributed by atoms with Crippen LogP contribution in [0.15, 0.2) is 30.5 Å². The van der Waals surface area contributed by atoms with Crippen LogP contribution in [0.2, 0.25) is 0 Å². The maximum atomic E-state index is 10.9. The summed E-state index contributed by atoms with van der Waals surface area (Å²) >= 11 is 0. The molecule has 0 aliphatic heterocycles. The number of aromatic amines is 1. The molecule has 1 aromatic heterocycles. The first-order valence-corrected chi connectivity index (χ1v) is 5.77. The normalized spacial score (nSPS) is 11.5. The number of carboxylic acids is 1. The van der Waals surface area contributed by atoms with Gasteiger partial charge in [-0.2, -0.15) is 0 Å². The summed E-state index contributed by atoms with van der Waals surface area (Å²) in [6.07, 6.45) is 1.79. The van der Waals surface area contributed by atoms with Gasteiger partial charge in [0.25, 0.3) is 0 Å². The number of H-pyrrole nitrogens is 1. The number of nitrogens with zero attached hydrogens (tertiary/aromatic N) is 1. The maximum Gasteiger partial charge on any atom is 0.335 e. The summed E-state index contributed by atoms with van der Waals surface area (Å²) in [5, 5.41) is 8.96. The molecule has 4 heteroatoms. The van der Waals surface area contributed by atoms with E-state index in [0.29, 0.717) is 5.82 Å². The first-order valence-electron chi connectivity index (χ1n) is 5.77. The highest BCUT2D eigenvalue weighted by atomic mass is 16.4. The third-order valence-corrected chi connectivity index (χ3v) is 2.77. The summed E-state index contributed by atoms with van der Waals surface area (Å²) in [4.78, 5) is 18.5. The molecule has 0 aliphatic carbocycles. The van der Waals surface area contributed by atoms with Gasteiger partial charge in [-0.05, 0) is 12.1 Å². The molecule has 0 unspecified atom stereocenters. The fourth-order valence-electron chi connectivity index (χ4n) is 1.65. The molecule has 0 saturated heterocycles. The van der Waals surface area contributed by atoms with Crippen molar-refractivity contribution in [1.29, 1.82) is 0 Å². The Balaban J connectivity index is 2.40. The van der Waals surface area contributed by atoms with Gasteiger partial charge in [-0.3, -0.25) is 0 Å². The second-order valence-electron chi connectivity index (χ2n) is 5.28. The number of carboxylic acid groups (broad SMARTS) is 1. The predicted molar refractivity (Wildman–Crippen MR) is 69.7 cm³/mol. The van der Waals surface area contributed by atoms with Gasteiger partial charge in [0.15, 0.2) is 0 Å². The maximum absolute atomic E-state index is 10.9. The SMILES string of the molecule is CC(C)(C)c1cnc(-c2cccc(C(=O)O)c2)[nH]1. The van der Waals surface area contributed by atoms with Gasteiger partial charge >= 0.3 is 5.97 Å². The summed E-state index contributed by atoms with van der Waals surface area (Å²) in [5.74, 6) is -0.234. The molecule has 2 aromatic rings. The lowest BCUT2D eigenvalue weighted by Gasteiger charge is -2.15. The molecule has 2 N–H and O–H groups in total. The zero-order valence-corrected chi connectivity index (χ0v) is 10.7. The highest BCUT2D eigenvalue weighted by Gasteiger charge is 2.17. The number of benzene rings is 1. The highest BCUT2D eigenvalue weighted by Crippen LogP contribution is 2.24. The minimum absolute atomic E-state index is 0.00431. The van der Waals surface area contributed by atoms with Gasteiger partial charge in [0.2, 0.25) is 0 Å². The van der Waals surface area contributed by atoms with Crippen molar-refractivity contribution in [2.45, 2.75) is 26.2 Å². The molecule has 0 radical (unpaired) electrons. The third kappa shape index (κ3) is 2.42. The smallest absolute Gasteiger partial charge is 0.335 e. The summed E-state index contributed by atoms with van der Waals surface area (Å²) < 4.78 is 0. The number of nitrogens with one attached hydrogen (secondary N) is 1. The van der Waals surface area contributed by atoms with Gasteiger partial charge < -0.3 is 10.1 Å². The lowest BCUT2D eigenvalue weighted by atomic mass is 9.93. The topological polar surface area (TPSA) is 66.0 Å². The van der Waals surface area contributed by atoms with Gasteiger partial charge in [-0.15, -0.1) is 0 Å². The quantitative estimate of drug-likeness (QED) is 0.853. The number of aromatic nitrogens is 2. The number of hydrogen-bond acceptors (Lipinski definition) is 2. The molecule has 94 valence electrons. The van der Waals surface area contributed by atoms with Crippen molar-refractivity contribution < 1.29 is 9.90 Å². The average Bonchev–Trinajstić information content (AvgIpc) is 2.78. The first kappa shape index (κ1) is 12.4. The summed E-state index contributed by atoms with van der Waals surface area (Å²) in [7, 11) is 0. The van der Waals surface area contributed by atoms with Crippen LogP contribution in [-0.4, -0.2) is 21.0 Å². The van der Waals surface area contributed by atoms with Crippen LogP contribution in [0.1, 0.15) is 36.8 Å². The second-order valence-corrected chi connectivity index (χ2v) is 5.28. The van der Waals surface area contributed by atoms with Gasteiger partial charge in [-0.25, -0.2) is 9.78 Å². The highest BCUT2D eigenvalue weighted by molar-refractivity contribution is 5.89. The van der Waals surface area contributed by atoms with E-state index in [1.54, 1.807) is 24.4 Å². The Morgan fingerprint density at radius 3 is 2.61 bits per heavy atom. The lowest BCUT2D eigenvalue weighted by Crippen LogP contribution is -2.11. The summed E-state index contributed by atoms with van der Waals surface area (Å²) in [6.45, 7) is 6.29. The molecule has 4 nitrogen and oxygen atoms in total. The van der Waals surface area contributed by atoms with Gasteiger partial charge in [0.1, 0.15) is 5.82 Å². The van der Waals surface area contributed by atoms with E-state index in [-0.39, 0.29) is 11.0 Å². The number of carbonyl (C=O) groups is 1. The Bertz CT molecular complexity index is 579. The van der Waals surface area contributed by atoms with E-state index in [4.69, 9.17) is 5.11 Å². The molecule has 0 saturated carbocycles. The molecule has 2 rings (SSSR count).